The Bertz CT molecular complexity index is 1000. The van der Waals surface area contributed by atoms with Crippen LogP contribution in [0.25, 0.3) is 0 Å². The largest absolute Gasteiger partial charge is 0.494 e. The first-order chi connectivity index (χ1) is 14.7. The Kier molecular flexibility index (Phi) is 6.24. The smallest absolute Gasteiger partial charge is 0.262 e. The zero-order valence-corrected chi connectivity index (χ0v) is 17.7. The van der Waals surface area contributed by atoms with E-state index >= 15 is 0 Å². The van der Waals surface area contributed by atoms with Crippen molar-refractivity contribution in [3.63, 3.8) is 0 Å². The van der Waals surface area contributed by atoms with E-state index in [9.17, 15) is 4.79 Å². The fourth-order valence-corrected chi connectivity index (χ4v) is 3.77. The molecule has 1 N–H and O–H groups in total. The van der Waals surface area contributed by atoms with Crippen molar-refractivity contribution in [1.29, 1.82) is 0 Å². The number of ether oxygens (including phenoxy) is 1. The fraction of sp³-hybridized carbons (Fsp3) is 0.240. The van der Waals surface area contributed by atoms with Gasteiger partial charge in [0.05, 0.1) is 12.2 Å². The highest BCUT2D eigenvalue weighted by Crippen LogP contribution is 2.37. The number of nitrogens with zero attached hydrogens (tertiary/aromatic N) is 1. The van der Waals surface area contributed by atoms with Crippen LogP contribution in [-0.4, -0.2) is 12.5 Å². The topological polar surface area (TPSA) is 41.6 Å². The molecule has 0 aliphatic carbocycles. The molecule has 1 aliphatic rings. The van der Waals surface area contributed by atoms with E-state index < -0.39 is 0 Å². The second-order valence-corrected chi connectivity index (χ2v) is 7.81. The van der Waals surface area contributed by atoms with E-state index in [2.05, 4.69) is 12.2 Å². The second kappa shape index (κ2) is 9.23. The summed E-state index contributed by atoms with van der Waals surface area (Å²) < 4.78 is 5.82. The Morgan fingerprint density at radius 1 is 0.967 bits per heavy atom. The van der Waals surface area contributed by atoms with Crippen molar-refractivity contribution in [2.45, 2.75) is 32.4 Å². The molecule has 5 heteroatoms. The maximum absolute atomic E-state index is 13.4. The van der Waals surface area contributed by atoms with Gasteiger partial charge in [-0.25, -0.2) is 0 Å². The zero-order chi connectivity index (χ0) is 20.9. The van der Waals surface area contributed by atoms with Gasteiger partial charge in [0, 0.05) is 16.4 Å². The molecular weight excluding hydrogens is 396 g/mol. The summed E-state index contributed by atoms with van der Waals surface area (Å²) in [6.45, 7) is 2.88. The Morgan fingerprint density at radius 2 is 1.70 bits per heavy atom. The summed E-state index contributed by atoms with van der Waals surface area (Å²) in [7, 11) is 0. The lowest BCUT2D eigenvalue weighted by atomic mass is 10.0. The van der Waals surface area contributed by atoms with Crippen LogP contribution in [0, 0.1) is 0 Å². The molecule has 0 saturated heterocycles. The van der Waals surface area contributed by atoms with Gasteiger partial charge in [-0.1, -0.05) is 55.6 Å². The number of anilines is 2. The molecule has 0 aromatic heterocycles. The lowest BCUT2D eigenvalue weighted by molar-refractivity contribution is 0.0975. The van der Waals surface area contributed by atoms with E-state index in [0.29, 0.717) is 17.2 Å². The van der Waals surface area contributed by atoms with E-state index in [1.165, 1.54) is 6.42 Å². The third kappa shape index (κ3) is 4.29. The van der Waals surface area contributed by atoms with Crippen molar-refractivity contribution in [2.75, 3.05) is 16.8 Å². The number of carbonyl (C=O) groups excluding carboxylic acids is 1. The molecule has 0 fully saturated rings. The average Bonchev–Trinajstić information content (AvgIpc) is 2.78. The summed E-state index contributed by atoms with van der Waals surface area (Å²) in [5.41, 5.74) is 3.25. The maximum atomic E-state index is 13.4. The molecule has 30 heavy (non-hydrogen) atoms. The third-order valence-electron chi connectivity index (χ3n) is 5.24. The number of benzene rings is 3. The number of nitrogens with one attached hydrogen (secondary N) is 1. The van der Waals surface area contributed by atoms with Crippen LogP contribution in [-0.2, 0) is 0 Å². The van der Waals surface area contributed by atoms with Crippen LogP contribution in [0.5, 0.6) is 5.75 Å². The first-order valence-corrected chi connectivity index (χ1v) is 10.7. The molecule has 4 rings (SSSR count). The number of rotatable bonds is 7. The van der Waals surface area contributed by atoms with Gasteiger partial charge in [0.25, 0.3) is 5.91 Å². The van der Waals surface area contributed by atoms with Crippen molar-refractivity contribution in [3.8, 4) is 5.75 Å². The number of fused-ring (bicyclic) bond motifs is 1. The number of hydrogen-bond donors (Lipinski definition) is 1. The minimum atomic E-state index is -0.332. The summed E-state index contributed by atoms with van der Waals surface area (Å²) >= 11 is 6.08. The minimum absolute atomic E-state index is 0.0408. The number of halogens is 1. The number of para-hydroxylation sites is 1. The maximum Gasteiger partial charge on any atom is 0.262 e. The van der Waals surface area contributed by atoms with E-state index in [4.69, 9.17) is 16.3 Å². The second-order valence-electron chi connectivity index (χ2n) is 7.37. The van der Waals surface area contributed by atoms with Crippen LogP contribution in [0.1, 0.15) is 48.3 Å². The van der Waals surface area contributed by atoms with Crippen molar-refractivity contribution in [2.24, 2.45) is 0 Å². The molecule has 0 bridgehead atoms. The fourth-order valence-electron chi connectivity index (χ4n) is 3.64. The molecular formula is C25H25ClN2O2. The predicted octanol–water partition coefficient (Wildman–Crippen LogP) is 6.68. The van der Waals surface area contributed by atoms with Crippen LogP contribution < -0.4 is 15.0 Å². The normalized spacial score (nSPS) is 15.5. The average molecular weight is 421 g/mol. The molecule has 0 unspecified atom stereocenters. The predicted molar refractivity (Wildman–Crippen MR) is 123 cm³/mol. The zero-order valence-electron chi connectivity index (χ0n) is 17.0. The van der Waals surface area contributed by atoms with Gasteiger partial charge in [0.1, 0.15) is 11.9 Å². The van der Waals surface area contributed by atoms with Gasteiger partial charge >= 0.3 is 0 Å². The van der Waals surface area contributed by atoms with Crippen LogP contribution in [0.15, 0.2) is 72.8 Å². The first kappa shape index (κ1) is 20.3. The van der Waals surface area contributed by atoms with Crippen LogP contribution in [0.2, 0.25) is 5.02 Å². The lowest BCUT2D eigenvalue weighted by Gasteiger charge is -2.38. The van der Waals surface area contributed by atoms with Gasteiger partial charge in [0.2, 0.25) is 0 Å². The molecule has 4 nitrogen and oxygen atoms in total. The lowest BCUT2D eigenvalue weighted by Crippen LogP contribution is -2.43. The van der Waals surface area contributed by atoms with Gasteiger partial charge in [-0.15, -0.1) is 0 Å². The molecule has 3 aromatic carbocycles. The van der Waals surface area contributed by atoms with Crippen molar-refractivity contribution >= 4 is 28.9 Å². The van der Waals surface area contributed by atoms with Gasteiger partial charge in [-0.2, -0.15) is 0 Å². The Morgan fingerprint density at radius 3 is 2.43 bits per heavy atom. The summed E-state index contributed by atoms with van der Waals surface area (Å²) in [5.74, 6) is 0.775. The molecule has 3 aromatic rings. The Labute approximate surface area is 182 Å². The monoisotopic (exact) mass is 420 g/mol. The number of unbranched alkanes of at least 4 members (excludes halogenated alkanes) is 2. The molecule has 1 atom stereocenters. The molecule has 0 saturated carbocycles. The van der Waals surface area contributed by atoms with Gasteiger partial charge in [-0.3, -0.25) is 9.69 Å². The molecule has 1 heterocycles. The number of hydrogen-bond acceptors (Lipinski definition) is 3. The quantitative estimate of drug-likeness (QED) is 0.433. The van der Waals surface area contributed by atoms with Crippen molar-refractivity contribution < 1.29 is 9.53 Å². The SMILES string of the molecule is CCCCCOc1ccc(N2C(=O)c3ccccc3N[C@H]2c2ccc(Cl)cc2)cc1. The number of amides is 1. The Balaban J connectivity index is 1.64. The highest BCUT2D eigenvalue weighted by Gasteiger charge is 2.33. The van der Waals surface area contributed by atoms with Crippen molar-refractivity contribution in [3.05, 3.63) is 88.9 Å². The third-order valence-corrected chi connectivity index (χ3v) is 5.50. The Hall–Kier alpha value is -2.98. The van der Waals surface area contributed by atoms with Gasteiger partial charge in [-0.05, 0) is 60.5 Å². The van der Waals surface area contributed by atoms with E-state index in [-0.39, 0.29) is 12.1 Å². The summed E-state index contributed by atoms with van der Waals surface area (Å²) in [6, 6.07) is 22.9. The van der Waals surface area contributed by atoms with Crippen LogP contribution in [0.3, 0.4) is 0 Å². The summed E-state index contributed by atoms with van der Waals surface area (Å²) in [5, 5.41) is 4.17. The molecule has 154 valence electrons. The standard InChI is InChI=1S/C25H25ClN2O2/c1-2-3-6-17-30-21-15-13-20(14-16-21)28-24(18-9-11-19(26)12-10-18)27-23-8-5-4-7-22(23)25(28)29/h4-5,7-16,24,27H,2-3,6,17H2,1H3/t24-/m1/s1. The summed E-state index contributed by atoms with van der Waals surface area (Å²) in [6.07, 6.45) is 3.04. The molecule has 1 aliphatic heterocycles. The van der Waals surface area contributed by atoms with Gasteiger partial charge < -0.3 is 10.1 Å². The van der Waals surface area contributed by atoms with E-state index in [1.54, 1.807) is 4.90 Å². The van der Waals surface area contributed by atoms with Crippen molar-refractivity contribution in [1.82, 2.24) is 0 Å². The molecule has 1 amide bonds. The highest BCUT2D eigenvalue weighted by atomic mass is 35.5. The van der Waals surface area contributed by atoms with Gasteiger partial charge in [0.15, 0.2) is 0 Å². The minimum Gasteiger partial charge on any atom is -0.494 e. The first-order valence-electron chi connectivity index (χ1n) is 10.3. The van der Waals surface area contributed by atoms with Crippen LogP contribution >= 0.6 is 11.6 Å². The molecule has 0 spiro atoms. The van der Waals surface area contributed by atoms with Crippen LogP contribution in [0.4, 0.5) is 11.4 Å². The highest BCUT2D eigenvalue weighted by molar-refractivity contribution is 6.30. The molecule has 0 radical (unpaired) electrons. The van der Waals surface area contributed by atoms with E-state index in [0.717, 1.165) is 35.5 Å². The summed E-state index contributed by atoms with van der Waals surface area (Å²) in [4.78, 5) is 15.2. The number of carbonyl (C=O) groups is 1. The van der Waals surface area contributed by atoms with E-state index in [1.807, 2.05) is 72.8 Å².